The van der Waals surface area contributed by atoms with Crippen LogP contribution in [0.5, 0.6) is 0 Å². The summed E-state index contributed by atoms with van der Waals surface area (Å²) >= 11 is 0. The molecule has 31 heavy (non-hydrogen) atoms. The zero-order valence-corrected chi connectivity index (χ0v) is 17.8. The van der Waals surface area contributed by atoms with Gasteiger partial charge < -0.3 is 9.88 Å². The molecule has 1 aromatic heterocycles. The number of carbonyl (C=O) groups is 1. The number of aromatic nitrogens is 1. The van der Waals surface area contributed by atoms with Gasteiger partial charge in [-0.25, -0.2) is 0 Å². The van der Waals surface area contributed by atoms with E-state index in [2.05, 4.69) is 5.32 Å². The Morgan fingerprint density at radius 1 is 1.10 bits per heavy atom. The summed E-state index contributed by atoms with van der Waals surface area (Å²) in [4.78, 5) is 23.3. The number of hydrogen-bond donors (Lipinski definition) is 1. The molecule has 0 atom stereocenters. The molecule has 0 saturated carbocycles. The minimum Gasteiger partial charge on any atom is -0.321 e. The van der Waals surface area contributed by atoms with Gasteiger partial charge in [0.05, 0.1) is 4.92 Å². The van der Waals surface area contributed by atoms with Crippen LogP contribution in [0.1, 0.15) is 28.1 Å². The third-order valence-electron chi connectivity index (χ3n) is 5.16. The van der Waals surface area contributed by atoms with Crippen LogP contribution in [0.4, 0.5) is 11.4 Å². The van der Waals surface area contributed by atoms with E-state index in [9.17, 15) is 20.2 Å². The zero-order valence-electron chi connectivity index (χ0n) is 17.8. The topological polar surface area (TPSA) is 101 Å². The number of aryl methyl sites for hydroxylation is 3. The molecule has 0 aliphatic carbocycles. The Morgan fingerprint density at radius 2 is 1.81 bits per heavy atom. The van der Waals surface area contributed by atoms with Gasteiger partial charge in [0, 0.05) is 34.9 Å². The molecule has 1 amide bonds. The van der Waals surface area contributed by atoms with Crippen LogP contribution < -0.4 is 5.32 Å². The molecule has 7 nitrogen and oxygen atoms in total. The largest absolute Gasteiger partial charge is 0.321 e. The number of carbonyl (C=O) groups excluding carboxylic acids is 1. The first kappa shape index (κ1) is 21.5. The van der Waals surface area contributed by atoms with Gasteiger partial charge in [0.15, 0.2) is 0 Å². The summed E-state index contributed by atoms with van der Waals surface area (Å²) in [5.41, 5.74) is 5.58. The first-order valence-electron chi connectivity index (χ1n) is 9.66. The lowest BCUT2D eigenvalue weighted by atomic mass is 10.1. The van der Waals surface area contributed by atoms with E-state index >= 15 is 0 Å². The van der Waals surface area contributed by atoms with E-state index in [1.54, 1.807) is 18.2 Å². The second-order valence-corrected chi connectivity index (χ2v) is 7.33. The van der Waals surface area contributed by atoms with Crippen LogP contribution in [0.15, 0.2) is 54.1 Å². The average Bonchev–Trinajstić information content (AvgIpc) is 3.00. The predicted molar refractivity (Wildman–Crippen MR) is 120 cm³/mol. The maximum atomic E-state index is 12.7. The molecule has 3 rings (SSSR count). The van der Waals surface area contributed by atoms with Crippen molar-refractivity contribution in [1.82, 2.24) is 4.57 Å². The molecule has 0 aliphatic heterocycles. The Kier molecular flexibility index (Phi) is 6.02. The van der Waals surface area contributed by atoms with E-state index in [1.807, 2.05) is 62.6 Å². The van der Waals surface area contributed by atoms with Crippen molar-refractivity contribution < 1.29 is 9.72 Å². The van der Waals surface area contributed by atoms with Crippen LogP contribution in [0, 0.1) is 49.1 Å². The van der Waals surface area contributed by atoms with Gasteiger partial charge in [-0.1, -0.05) is 18.2 Å². The summed E-state index contributed by atoms with van der Waals surface area (Å²) in [6.07, 6.45) is 1.56. The third kappa shape index (κ3) is 4.38. The lowest BCUT2D eigenvalue weighted by Gasteiger charge is -2.12. The molecule has 0 saturated heterocycles. The zero-order chi connectivity index (χ0) is 22.7. The maximum Gasteiger partial charge on any atom is 0.269 e. The maximum absolute atomic E-state index is 12.7. The third-order valence-corrected chi connectivity index (χ3v) is 5.16. The molecule has 0 radical (unpaired) electrons. The molecular weight excluding hydrogens is 392 g/mol. The lowest BCUT2D eigenvalue weighted by Crippen LogP contribution is -2.14. The van der Waals surface area contributed by atoms with Crippen LogP contribution >= 0.6 is 0 Å². The van der Waals surface area contributed by atoms with Crippen molar-refractivity contribution in [2.24, 2.45) is 0 Å². The predicted octanol–water partition coefficient (Wildman–Crippen LogP) is 5.16. The Bertz CT molecular complexity index is 1260. The smallest absolute Gasteiger partial charge is 0.269 e. The molecule has 156 valence electrons. The number of benzene rings is 2. The van der Waals surface area contributed by atoms with E-state index in [4.69, 9.17) is 0 Å². The summed E-state index contributed by atoms with van der Waals surface area (Å²) in [7, 11) is 0. The number of rotatable bonds is 5. The fraction of sp³-hybridized carbons (Fsp3) is 0.167. The summed E-state index contributed by atoms with van der Waals surface area (Å²) < 4.78 is 1.96. The van der Waals surface area contributed by atoms with E-state index in [-0.39, 0.29) is 11.3 Å². The van der Waals surface area contributed by atoms with E-state index in [1.165, 1.54) is 12.1 Å². The first-order chi connectivity index (χ1) is 14.7. The van der Waals surface area contributed by atoms with Gasteiger partial charge in [0.25, 0.3) is 11.6 Å². The number of non-ortho nitro benzene ring substituents is 1. The van der Waals surface area contributed by atoms with Gasteiger partial charge in [-0.05, 0) is 68.7 Å². The number of nitriles is 1. The van der Waals surface area contributed by atoms with Crippen molar-refractivity contribution in [2.45, 2.75) is 27.7 Å². The van der Waals surface area contributed by atoms with Crippen molar-refractivity contribution in [3.05, 3.63) is 92.3 Å². The number of anilines is 1. The summed E-state index contributed by atoms with van der Waals surface area (Å²) in [5.74, 6) is -0.479. The van der Waals surface area contributed by atoms with Crippen LogP contribution in [0.2, 0.25) is 0 Å². The number of nitrogens with one attached hydrogen (secondary N) is 1. The minimum absolute atomic E-state index is 0.0103. The molecule has 1 N–H and O–H groups in total. The van der Waals surface area contributed by atoms with Crippen molar-refractivity contribution >= 4 is 23.4 Å². The van der Waals surface area contributed by atoms with Gasteiger partial charge in [-0.3, -0.25) is 14.9 Å². The highest BCUT2D eigenvalue weighted by molar-refractivity contribution is 6.10. The first-order valence-corrected chi connectivity index (χ1v) is 9.66. The van der Waals surface area contributed by atoms with Crippen LogP contribution in [0.25, 0.3) is 11.8 Å². The van der Waals surface area contributed by atoms with Crippen molar-refractivity contribution in [3.8, 4) is 11.8 Å². The standard InChI is InChI=1S/C24H22N4O3/c1-15-7-5-6-8-22(15)26-24(29)20(14-25)13-19-12-17(3)27(18(19)4)23-10-9-21(28(30)31)11-16(23)2/h5-13H,1-4H3,(H,26,29). The summed E-state index contributed by atoms with van der Waals surface area (Å²) in [6.45, 7) is 7.48. The number of amides is 1. The van der Waals surface area contributed by atoms with E-state index < -0.39 is 10.8 Å². The van der Waals surface area contributed by atoms with E-state index in [0.29, 0.717) is 5.69 Å². The molecule has 0 unspecified atom stereocenters. The normalized spacial score (nSPS) is 11.1. The van der Waals surface area contributed by atoms with Crippen molar-refractivity contribution in [2.75, 3.05) is 5.32 Å². The minimum atomic E-state index is -0.479. The van der Waals surface area contributed by atoms with Gasteiger partial charge >= 0.3 is 0 Å². The Balaban J connectivity index is 1.98. The van der Waals surface area contributed by atoms with Gasteiger partial charge in [0.1, 0.15) is 11.6 Å². The Hall–Kier alpha value is -4.18. The molecule has 0 spiro atoms. The number of hydrogen-bond acceptors (Lipinski definition) is 4. The van der Waals surface area contributed by atoms with Crippen molar-refractivity contribution in [3.63, 3.8) is 0 Å². The van der Waals surface area contributed by atoms with Gasteiger partial charge in [0.2, 0.25) is 0 Å². The highest BCUT2D eigenvalue weighted by Gasteiger charge is 2.16. The number of nitro benzene ring substituents is 1. The second-order valence-electron chi connectivity index (χ2n) is 7.33. The molecule has 2 aromatic carbocycles. The Labute approximate surface area is 180 Å². The fourth-order valence-corrected chi connectivity index (χ4v) is 3.52. The molecule has 0 fully saturated rings. The number of nitrogens with zero attached hydrogens (tertiary/aromatic N) is 3. The van der Waals surface area contributed by atoms with Gasteiger partial charge in [-0.2, -0.15) is 5.26 Å². The summed E-state index contributed by atoms with van der Waals surface area (Å²) in [5, 5.41) is 23.4. The fourth-order valence-electron chi connectivity index (χ4n) is 3.52. The molecule has 1 heterocycles. The number of nitro groups is 1. The lowest BCUT2D eigenvalue weighted by molar-refractivity contribution is -0.384. The van der Waals surface area contributed by atoms with Gasteiger partial charge in [-0.15, -0.1) is 0 Å². The van der Waals surface area contributed by atoms with Crippen LogP contribution in [-0.2, 0) is 4.79 Å². The molecule has 0 aliphatic rings. The molecule has 3 aromatic rings. The molecule has 0 bridgehead atoms. The second kappa shape index (κ2) is 8.67. The molecule has 7 heteroatoms. The SMILES string of the molecule is Cc1ccccc1NC(=O)C(C#N)=Cc1cc(C)n(-c2ccc([N+](=O)[O-])cc2C)c1C. The van der Waals surface area contributed by atoms with Crippen molar-refractivity contribution in [1.29, 1.82) is 5.26 Å². The van der Waals surface area contributed by atoms with Crippen LogP contribution in [-0.4, -0.2) is 15.4 Å². The monoisotopic (exact) mass is 414 g/mol. The van der Waals surface area contributed by atoms with Crippen LogP contribution in [0.3, 0.4) is 0 Å². The summed E-state index contributed by atoms with van der Waals surface area (Å²) in [6, 6.07) is 15.9. The quantitative estimate of drug-likeness (QED) is 0.269. The Morgan fingerprint density at radius 3 is 2.42 bits per heavy atom. The average molecular weight is 414 g/mol. The highest BCUT2D eigenvalue weighted by Crippen LogP contribution is 2.27. The highest BCUT2D eigenvalue weighted by atomic mass is 16.6. The van der Waals surface area contributed by atoms with E-state index in [0.717, 1.165) is 33.8 Å². The molecular formula is C24H22N4O3. The number of para-hydroxylation sites is 1.